The fraction of sp³-hybridized carbons (Fsp3) is 0. The van der Waals surface area contributed by atoms with E-state index in [1.54, 1.807) is 18.5 Å². The van der Waals surface area contributed by atoms with Crippen LogP contribution in [0.2, 0.25) is 0 Å². The molecule has 0 unspecified atom stereocenters. The first-order chi connectivity index (χ1) is 9.22. The van der Waals surface area contributed by atoms with Crippen LogP contribution >= 0.6 is 35.3 Å². The maximum absolute atomic E-state index is 11.5. The van der Waals surface area contributed by atoms with Crippen molar-refractivity contribution in [3.05, 3.63) is 40.5 Å². The van der Waals surface area contributed by atoms with Crippen LogP contribution in [0.4, 0.5) is 0 Å². The van der Waals surface area contributed by atoms with E-state index in [1.165, 1.54) is 23.1 Å². The number of rotatable bonds is 2. The average molecular weight is 305 g/mol. The first-order valence-corrected chi connectivity index (χ1v) is 7.43. The average Bonchev–Trinajstić information content (AvgIpc) is 2.99. The Bertz CT molecular complexity index is 679. The van der Waals surface area contributed by atoms with Crippen LogP contribution in [0.15, 0.2) is 34.8 Å². The fourth-order valence-electron chi connectivity index (χ4n) is 1.53. The highest BCUT2D eigenvalue weighted by molar-refractivity contribution is 8.26. The molecule has 3 heterocycles. The van der Waals surface area contributed by atoms with Crippen molar-refractivity contribution in [3.63, 3.8) is 0 Å². The van der Waals surface area contributed by atoms with Crippen molar-refractivity contribution >= 4 is 51.6 Å². The summed E-state index contributed by atoms with van der Waals surface area (Å²) in [5.41, 5.74) is 1.72. The van der Waals surface area contributed by atoms with Crippen molar-refractivity contribution in [2.75, 3.05) is 0 Å². The number of thiocarbonyl (C=S) groups is 1. The van der Waals surface area contributed by atoms with Crippen LogP contribution < -0.4 is 5.32 Å². The van der Waals surface area contributed by atoms with Gasteiger partial charge in [0.15, 0.2) is 0 Å². The van der Waals surface area contributed by atoms with E-state index in [-0.39, 0.29) is 5.91 Å². The molecule has 7 heteroatoms. The monoisotopic (exact) mass is 305 g/mol. The zero-order chi connectivity index (χ0) is 13.2. The van der Waals surface area contributed by atoms with Crippen LogP contribution in [0.1, 0.15) is 5.69 Å². The first kappa shape index (κ1) is 12.5. The summed E-state index contributed by atoms with van der Waals surface area (Å²) in [6, 6.07) is 3.82. The maximum atomic E-state index is 11.5. The van der Waals surface area contributed by atoms with Crippen LogP contribution in [0.25, 0.3) is 16.6 Å². The topological polar surface area (TPSA) is 54.9 Å². The summed E-state index contributed by atoms with van der Waals surface area (Å²) < 4.78 is 0.485. The smallest absolute Gasteiger partial charge is 0.263 e. The van der Waals surface area contributed by atoms with Gasteiger partial charge in [0.1, 0.15) is 9.33 Å². The van der Waals surface area contributed by atoms with E-state index in [4.69, 9.17) is 12.2 Å². The molecule has 0 bridgehead atoms. The Morgan fingerprint density at radius 3 is 3.00 bits per heavy atom. The molecule has 1 amide bonds. The Hall–Kier alpha value is -1.57. The number of amides is 1. The lowest BCUT2D eigenvalue weighted by atomic mass is 10.3. The zero-order valence-corrected chi connectivity index (χ0v) is 11.9. The number of nitrogens with zero attached hydrogens (tertiary/aromatic N) is 2. The molecular formula is C12H7N3OS3. The standard InChI is InChI=1S/C12H7N3OS3/c16-10-9(19-12(17)15-10)4-8-6-18-11(14-8)7-2-1-3-13-5-7/h1-6H,(H,15,16,17)/b9-4-. The number of hydrogen-bond acceptors (Lipinski definition) is 6. The lowest BCUT2D eigenvalue weighted by Gasteiger charge is -1.92. The van der Waals surface area contributed by atoms with E-state index in [0.29, 0.717) is 9.23 Å². The van der Waals surface area contributed by atoms with Gasteiger partial charge < -0.3 is 5.32 Å². The highest BCUT2D eigenvalue weighted by Gasteiger charge is 2.22. The third-order valence-electron chi connectivity index (χ3n) is 2.35. The Labute approximate surface area is 123 Å². The molecule has 3 rings (SSSR count). The molecule has 2 aromatic rings. The molecule has 19 heavy (non-hydrogen) atoms. The Balaban J connectivity index is 1.89. The molecule has 0 radical (unpaired) electrons. The molecule has 0 saturated carbocycles. The molecule has 94 valence electrons. The SMILES string of the molecule is O=C1NC(=S)S/C1=C\c1csc(-c2cccnc2)n1. The number of aromatic nitrogens is 2. The van der Waals surface area contributed by atoms with Crippen molar-refractivity contribution in [2.24, 2.45) is 0 Å². The molecule has 0 aliphatic carbocycles. The molecule has 0 atom stereocenters. The molecule has 1 aliphatic heterocycles. The lowest BCUT2D eigenvalue weighted by Crippen LogP contribution is -2.17. The zero-order valence-electron chi connectivity index (χ0n) is 9.49. The van der Waals surface area contributed by atoms with Gasteiger partial charge in [-0.05, 0) is 18.2 Å². The van der Waals surface area contributed by atoms with Crippen LogP contribution in [0, 0.1) is 0 Å². The highest BCUT2D eigenvalue weighted by atomic mass is 32.2. The number of carbonyl (C=O) groups excluding carboxylic acids is 1. The summed E-state index contributed by atoms with van der Waals surface area (Å²) in [5, 5.41) is 5.37. The molecule has 1 saturated heterocycles. The molecule has 1 aliphatic rings. The van der Waals surface area contributed by atoms with Gasteiger partial charge in [0.05, 0.1) is 10.6 Å². The van der Waals surface area contributed by atoms with Crippen LogP contribution in [-0.4, -0.2) is 20.2 Å². The van der Waals surface area contributed by atoms with Gasteiger partial charge >= 0.3 is 0 Å². The number of nitrogens with one attached hydrogen (secondary N) is 1. The molecule has 1 N–H and O–H groups in total. The first-order valence-electron chi connectivity index (χ1n) is 5.33. The van der Waals surface area contributed by atoms with Gasteiger partial charge in [0.25, 0.3) is 5.91 Å². The summed E-state index contributed by atoms with van der Waals surface area (Å²) in [6.07, 6.45) is 5.23. The van der Waals surface area contributed by atoms with Gasteiger partial charge in [-0.15, -0.1) is 11.3 Å². The van der Waals surface area contributed by atoms with Crippen molar-refractivity contribution < 1.29 is 4.79 Å². The Kier molecular flexibility index (Phi) is 3.41. The lowest BCUT2D eigenvalue weighted by molar-refractivity contribution is -0.115. The summed E-state index contributed by atoms with van der Waals surface area (Å²) in [5.74, 6) is -0.161. The second kappa shape index (κ2) is 5.20. The number of thiazole rings is 1. The maximum Gasteiger partial charge on any atom is 0.263 e. The van der Waals surface area contributed by atoms with Gasteiger partial charge in [0.2, 0.25) is 0 Å². The van der Waals surface area contributed by atoms with Crippen molar-refractivity contribution in [1.82, 2.24) is 15.3 Å². The molecular weight excluding hydrogens is 298 g/mol. The van der Waals surface area contributed by atoms with E-state index < -0.39 is 0 Å². The second-order valence-electron chi connectivity index (χ2n) is 3.67. The molecule has 4 nitrogen and oxygen atoms in total. The molecule has 1 fully saturated rings. The van der Waals surface area contributed by atoms with Gasteiger partial charge in [-0.25, -0.2) is 4.98 Å². The van der Waals surface area contributed by atoms with Gasteiger partial charge in [-0.2, -0.15) is 0 Å². The van der Waals surface area contributed by atoms with Crippen molar-refractivity contribution in [2.45, 2.75) is 0 Å². The van der Waals surface area contributed by atoms with E-state index >= 15 is 0 Å². The number of hydrogen-bond donors (Lipinski definition) is 1. The second-order valence-corrected chi connectivity index (χ2v) is 6.25. The fourth-order valence-corrected chi connectivity index (χ4v) is 3.33. The minimum Gasteiger partial charge on any atom is -0.307 e. The summed E-state index contributed by atoms with van der Waals surface area (Å²) >= 11 is 7.71. The molecule has 0 aromatic carbocycles. The highest BCUT2D eigenvalue weighted by Crippen LogP contribution is 2.28. The van der Waals surface area contributed by atoms with Crippen LogP contribution in [0.3, 0.4) is 0 Å². The minimum atomic E-state index is -0.161. The molecule has 2 aromatic heterocycles. The van der Waals surface area contributed by atoms with Crippen LogP contribution in [0.5, 0.6) is 0 Å². The van der Waals surface area contributed by atoms with Gasteiger partial charge in [0, 0.05) is 23.3 Å². The van der Waals surface area contributed by atoms with Crippen molar-refractivity contribution in [1.29, 1.82) is 0 Å². The van der Waals surface area contributed by atoms with Gasteiger partial charge in [-0.3, -0.25) is 9.78 Å². The van der Waals surface area contributed by atoms with E-state index in [9.17, 15) is 4.79 Å². The normalized spacial score (nSPS) is 16.9. The third-order valence-corrected chi connectivity index (χ3v) is 4.42. The quantitative estimate of drug-likeness (QED) is 0.683. The summed E-state index contributed by atoms with van der Waals surface area (Å²) in [7, 11) is 0. The van der Waals surface area contributed by atoms with E-state index in [1.807, 2.05) is 17.5 Å². The predicted octanol–water partition coefficient (Wildman–Crippen LogP) is 2.69. The third kappa shape index (κ3) is 2.73. The largest absolute Gasteiger partial charge is 0.307 e. The predicted molar refractivity (Wildman–Crippen MR) is 81.7 cm³/mol. The number of pyridine rings is 1. The number of carbonyl (C=O) groups is 1. The molecule has 0 spiro atoms. The van der Waals surface area contributed by atoms with Crippen molar-refractivity contribution in [3.8, 4) is 10.6 Å². The van der Waals surface area contributed by atoms with Gasteiger partial charge in [-0.1, -0.05) is 24.0 Å². The minimum absolute atomic E-state index is 0.161. The van der Waals surface area contributed by atoms with E-state index in [0.717, 1.165) is 16.3 Å². The summed E-state index contributed by atoms with van der Waals surface area (Å²) in [6.45, 7) is 0. The van der Waals surface area contributed by atoms with E-state index in [2.05, 4.69) is 15.3 Å². The number of thioether (sulfide) groups is 1. The summed E-state index contributed by atoms with van der Waals surface area (Å²) in [4.78, 5) is 20.7. The Morgan fingerprint density at radius 1 is 1.42 bits per heavy atom. The Morgan fingerprint density at radius 2 is 2.32 bits per heavy atom. The van der Waals surface area contributed by atoms with Crippen LogP contribution in [-0.2, 0) is 4.79 Å².